The zero-order valence-electron chi connectivity index (χ0n) is 20.2. The van der Waals surface area contributed by atoms with Crippen LogP contribution in [0.1, 0.15) is 36.1 Å². The Labute approximate surface area is 213 Å². The molecule has 0 unspecified atom stereocenters. The lowest BCUT2D eigenvalue weighted by Crippen LogP contribution is -2.56. The van der Waals surface area contributed by atoms with Crippen LogP contribution in [0.2, 0.25) is 0 Å². The molecule has 6 nitrogen and oxygen atoms in total. The summed E-state index contributed by atoms with van der Waals surface area (Å²) in [5, 5.41) is 2.93. The summed E-state index contributed by atoms with van der Waals surface area (Å²) in [7, 11) is 0. The maximum Gasteiger partial charge on any atom is 0.246 e. The number of hydrogen-bond donors (Lipinski definition) is 2. The largest absolute Gasteiger partial charge is 0.344 e. The SMILES string of the molecule is C[C@H](N)C(=O)N(C(=O)Cc1cc(F)cc(F)c1)[C@H]1CC(c2ccccc2)=C[C@H](c2ccccc2)NC1=O. The second kappa shape index (κ2) is 11.3. The van der Waals surface area contributed by atoms with Crippen molar-refractivity contribution in [2.24, 2.45) is 5.73 Å². The Bertz CT molecular complexity index is 1310. The first-order valence-electron chi connectivity index (χ1n) is 11.9. The van der Waals surface area contributed by atoms with Crippen LogP contribution in [0.25, 0.3) is 5.57 Å². The van der Waals surface area contributed by atoms with Gasteiger partial charge in [-0.3, -0.25) is 19.3 Å². The molecule has 0 fully saturated rings. The van der Waals surface area contributed by atoms with Crippen molar-refractivity contribution in [2.75, 3.05) is 0 Å². The van der Waals surface area contributed by atoms with Gasteiger partial charge in [0.05, 0.1) is 18.5 Å². The Morgan fingerprint density at radius 3 is 2.19 bits per heavy atom. The lowest BCUT2D eigenvalue weighted by molar-refractivity contribution is -0.152. The van der Waals surface area contributed by atoms with Gasteiger partial charge in [-0.25, -0.2) is 8.78 Å². The van der Waals surface area contributed by atoms with E-state index in [4.69, 9.17) is 5.73 Å². The Morgan fingerprint density at radius 2 is 1.59 bits per heavy atom. The number of nitrogens with two attached hydrogens (primary N) is 1. The van der Waals surface area contributed by atoms with E-state index in [0.717, 1.165) is 33.7 Å². The molecule has 3 aromatic carbocycles. The summed E-state index contributed by atoms with van der Waals surface area (Å²) >= 11 is 0. The number of hydrogen-bond acceptors (Lipinski definition) is 4. The number of carbonyl (C=O) groups excluding carboxylic acids is 3. The van der Waals surface area contributed by atoms with Gasteiger partial charge in [-0.2, -0.15) is 0 Å². The maximum atomic E-state index is 13.8. The molecule has 8 heteroatoms. The monoisotopic (exact) mass is 503 g/mol. The molecule has 0 spiro atoms. The number of amides is 3. The van der Waals surface area contributed by atoms with E-state index in [1.165, 1.54) is 6.92 Å². The van der Waals surface area contributed by atoms with Crippen molar-refractivity contribution in [3.63, 3.8) is 0 Å². The zero-order valence-corrected chi connectivity index (χ0v) is 20.2. The Balaban J connectivity index is 1.74. The molecule has 37 heavy (non-hydrogen) atoms. The van der Waals surface area contributed by atoms with Crippen LogP contribution in [0.15, 0.2) is 84.9 Å². The van der Waals surface area contributed by atoms with E-state index in [-0.39, 0.29) is 12.0 Å². The lowest BCUT2D eigenvalue weighted by Gasteiger charge is -2.30. The molecule has 0 saturated heterocycles. The fourth-order valence-corrected chi connectivity index (χ4v) is 4.42. The highest BCUT2D eigenvalue weighted by Gasteiger charge is 2.39. The molecule has 0 bridgehead atoms. The first-order valence-corrected chi connectivity index (χ1v) is 11.9. The van der Waals surface area contributed by atoms with Crippen molar-refractivity contribution in [2.45, 2.75) is 37.9 Å². The predicted molar refractivity (Wildman–Crippen MR) is 136 cm³/mol. The van der Waals surface area contributed by atoms with Crippen LogP contribution in [0.3, 0.4) is 0 Å². The zero-order chi connectivity index (χ0) is 26.5. The summed E-state index contributed by atoms with van der Waals surface area (Å²) in [5.74, 6) is -3.77. The number of nitrogens with one attached hydrogen (secondary N) is 1. The molecule has 0 aliphatic carbocycles. The average Bonchev–Trinajstić information content (AvgIpc) is 3.04. The second-order valence-electron chi connectivity index (χ2n) is 9.02. The molecule has 3 atom stereocenters. The number of nitrogens with zero attached hydrogens (tertiary/aromatic N) is 1. The standard InChI is InChI=1S/C29H27F2N3O3/c1-18(32)29(37)34(27(35)14-19-12-23(30)17-24(31)13-19)26-16-22(20-8-4-2-5-9-20)15-25(33-28(26)36)21-10-6-3-7-11-21/h2-13,15,17-18,25-26H,14,16,32H2,1H3,(H,33,36)/t18-,25+,26-/m0/s1. The number of imide groups is 1. The third-order valence-electron chi connectivity index (χ3n) is 6.17. The van der Waals surface area contributed by atoms with Crippen LogP contribution >= 0.6 is 0 Å². The van der Waals surface area contributed by atoms with E-state index >= 15 is 0 Å². The summed E-state index contributed by atoms with van der Waals surface area (Å²) in [6.45, 7) is 1.42. The maximum absolute atomic E-state index is 13.8. The molecule has 3 N–H and O–H groups in total. The third kappa shape index (κ3) is 6.16. The van der Waals surface area contributed by atoms with Gasteiger partial charge in [0.2, 0.25) is 17.7 Å². The van der Waals surface area contributed by atoms with Crippen molar-refractivity contribution >= 4 is 23.3 Å². The van der Waals surface area contributed by atoms with E-state index in [2.05, 4.69) is 5.32 Å². The number of halogens is 2. The van der Waals surface area contributed by atoms with Gasteiger partial charge >= 0.3 is 0 Å². The lowest BCUT2D eigenvalue weighted by atomic mass is 9.95. The summed E-state index contributed by atoms with van der Waals surface area (Å²) in [5.41, 5.74) is 8.32. The molecule has 190 valence electrons. The predicted octanol–water partition coefficient (Wildman–Crippen LogP) is 3.92. The Hall–Kier alpha value is -4.17. The van der Waals surface area contributed by atoms with Gasteiger partial charge in [0.25, 0.3) is 0 Å². The quantitative estimate of drug-likeness (QED) is 0.533. The van der Waals surface area contributed by atoms with E-state index in [9.17, 15) is 23.2 Å². The molecule has 4 rings (SSSR count). The highest BCUT2D eigenvalue weighted by molar-refractivity contribution is 6.03. The van der Waals surface area contributed by atoms with Gasteiger partial charge in [-0.1, -0.05) is 66.7 Å². The average molecular weight is 504 g/mol. The van der Waals surface area contributed by atoms with Crippen LogP contribution in [0, 0.1) is 11.6 Å². The van der Waals surface area contributed by atoms with Crippen molar-refractivity contribution in [3.8, 4) is 0 Å². The molecule has 0 radical (unpaired) electrons. The summed E-state index contributed by atoms with van der Waals surface area (Å²) in [6.07, 6.45) is 1.47. The minimum atomic E-state index is -1.22. The minimum absolute atomic E-state index is 0.0417. The fourth-order valence-electron chi connectivity index (χ4n) is 4.42. The Kier molecular flexibility index (Phi) is 7.89. The first-order chi connectivity index (χ1) is 17.7. The second-order valence-corrected chi connectivity index (χ2v) is 9.02. The molecular weight excluding hydrogens is 476 g/mol. The van der Waals surface area contributed by atoms with Crippen LogP contribution in [0.4, 0.5) is 8.78 Å². The normalized spacial score (nSPS) is 18.3. The molecule has 1 aliphatic rings. The van der Waals surface area contributed by atoms with Crippen LogP contribution < -0.4 is 11.1 Å². The smallest absolute Gasteiger partial charge is 0.246 e. The van der Waals surface area contributed by atoms with Crippen molar-refractivity contribution in [1.29, 1.82) is 0 Å². The molecule has 0 saturated carbocycles. The summed E-state index contributed by atoms with van der Waals surface area (Å²) in [4.78, 5) is 41.0. The van der Waals surface area contributed by atoms with Crippen LogP contribution in [-0.2, 0) is 20.8 Å². The van der Waals surface area contributed by atoms with Gasteiger partial charge in [-0.15, -0.1) is 0 Å². The Morgan fingerprint density at radius 1 is 1.00 bits per heavy atom. The van der Waals surface area contributed by atoms with E-state index < -0.39 is 53.9 Å². The van der Waals surface area contributed by atoms with Crippen molar-refractivity contribution in [3.05, 3.63) is 113 Å². The summed E-state index contributed by atoms with van der Waals surface area (Å²) < 4.78 is 27.5. The molecule has 0 aromatic heterocycles. The highest BCUT2D eigenvalue weighted by Crippen LogP contribution is 2.30. The summed E-state index contributed by atoms with van der Waals surface area (Å²) in [6, 6.07) is 18.6. The third-order valence-corrected chi connectivity index (χ3v) is 6.17. The number of rotatable bonds is 6. The van der Waals surface area contributed by atoms with Gasteiger partial charge < -0.3 is 11.1 Å². The van der Waals surface area contributed by atoms with Crippen LogP contribution in [-0.4, -0.2) is 34.7 Å². The van der Waals surface area contributed by atoms with Crippen LogP contribution in [0.5, 0.6) is 0 Å². The molecule has 1 aliphatic heterocycles. The minimum Gasteiger partial charge on any atom is -0.344 e. The van der Waals surface area contributed by atoms with Gasteiger partial charge in [0.15, 0.2) is 0 Å². The molecule has 1 heterocycles. The van der Waals surface area contributed by atoms with Gasteiger partial charge in [0, 0.05) is 12.5 Å². The van der Waals surface area contributed by atoms with Gasteiger partial charge in [0.1, 0.15) is 17.7 Å². The van der Waals surface area contributed by atoms with Crippen molar-refractivity contribution < 1.29 is 23.2 Å². The number of benzene rings is 3. The van der Waals surface area contributed by atoms with Gasteiger partial charge in [-0.05, 0) is 41.3 Å². The van der Waals surface area contributed by atoms with Crippen molar-refractivity contribution in [1.82, 2.24) is 10.2 Å². The first kappa shape index (κ1) is 25.9. The van der Waals surface area contributed by atoms with E-state index in [1.54, 1.807) is 0 Å². The van der Waals surface area contributed by atoms with E-state index in [1.807, 2.05) is 66.7 Å². The topological polar surface area (TPSA) is 92.5 Å². The number of carbonyl (C=O) groups is 3. The highest BCUT2D eigenvalue weighted by atomic mass is 19.1. The molecule has 3 aromatic rings. The molecular formula is C29H27F2N3O3. The molecule has 3 amide bonds. The fraction of sp³-hybridized carbons (Fsp3) is 0.207. The van der Waals surface area contributed by atoms with E-state index in [0.29, 0.717) is 6.07 Å².